The van der Waals surface area contributed by atoms with Crippen molar-refractivity contribution in [1.82, 2.24) is 4.98 Å². The van der Waals surface area contributed by atoms with E-state index in [2.05, 4.69) is 32.5 Å². The fourth-order valence-electron chi connectivity index (χ4n) is 2.28. The Kier molecular flexibility index (Phi) is 5.79. The van der Waals surface area contributed by atoms with Crippen LogP contribution < -0.4 is 10.3 Å². The third kappa shape index (κ3) is 4.30. The van der Waals surface area contributed by atoms with Gasteiger partial charge in [-0.1, -0.05) is 46.9 Å². The number of halogens is 3. The monoisotopic (exact) mass is 384 g/mol. The van der Waals surface area contributed by atoms with E-state index in [1.165, 1.54) is 11.8 Å². The number of rotatable bonds is 4. The molecule has 2 heterocycles. The maximum Gasteiger partial charge on any atom is 0.166 e. The van der Waals surface area contributed by atoms with Crippen LogP contribution in [0.2, 0.25) is 15.2 Å². The largest absolute Gasteiger partial charge is 0.378 e. The van der Waals surface area contributed by atoms with Crippen molar-refractivity contribution in [3.63, 3.8) is 0 Å². The van der Waals surface area contributed by atoms with Crippen molar-refractivity contribution in [3.05, 3.63) is 51.1 Å². The molecule has 1 aromatic carbocycles. The summed E-state index contributed by atoms with van der Waals surface area (Å²) >= 11 is 17.7. The molecule has 1 saturated heterocycles. The van der Waals surface area contributed by atoms with Gasteiger partial charge in [0.15, 0.2) is 5.82 Å². The Morgan fingerprint density at radius 2 is 1.79 bits per heavy atom. The van der Waals surface area contributed by atoms with Gasteiger partial charge in [0, 0.05) is 18.8 Å². The van der Waals surface area contributed by atoms with Crippen molar-refractivity contribution in [2.75, 3.05) is 36.6 Å². The summed E-state index contributed by atoms with van der Waals surface area (Å²) in [5.74, 6) is 0.354. The molecule has 24 heavy (non-hydrogen) atoms. The van der Waals surface area contributed by atoms with Crippen LogP contribution in [0, 0.1) is 0 Å². The van der Waals surface area contributed by atoms with Crippen molar-refractivity contribution in [3.8, 4) is 0 Å². The van der Waals surface area contributed by atoms with E-state index >= 15 is 0 Å². The van der Waals surface area contributed by atoms with Crippen LogP contribution in [0.3, 0.4) is 0 Å². The van der Waals surface area contributed by atoms with Crippen LogP contribution in [0.25, 0.3) is 0 Å². The van der Waals surface area contributed by atoms with Crippen LogP contribution in [0.15, 0.2) is 35.4 Å². The van der Waals surface area contributed by atoms with Gasteiger partial charge >= 0.3 is 0 Å². The zero-order valence-electron chi connectivity index (χ0n) is 12.7. The predicted octanol–water partition coefficient (Wildman–Crippen LogP) is 4.32. The summed E-state index contributed by atoms with van der Waals surface area (Å²) in [4.78, 5) is 6.33. The van der Waals surface area contributed by atoms with Gasteiger partial charge in [0.25, 0.3) is 0 Å². The molecule has 0 radical (unpaired) electrons. The molecular formula is C16H15Cl3N4O. The molecule has 0 aliphatic carbocycles. The van der Waals surface area contributed by atoms with E-state index < -0.39 is 0 Å². The molecule has 1 fully saturated rings. The molecule has 5 nitrogen and oxygen atoms in total. The number of hydrogen-bond donors (Lipinski definition) is 1. The van der Waals surface area contributed by atoms with Gasteiger partial charge in [-0.3, -0.25) is 5.43 Å². The van der Waals surface area contributed by atoms with Gasteiger partial charge in [0.1, 0.15) is 5.15 Å². The van der Waals surface area contributed by atoms with Gasteiger partial charge in [0.2, 0.25) is 0 Å². The van der Waals surface area contributed by atoms with Crippen molar-refractivity contribution in [2.24, 2.45) is 5.10 Å². The first-order chi connectivity index (χ1) is 11.6. The summed E-state index contributed by atoms with van der Waals surface area (Å²) < 4.78 is 5.36. The lowest BCUT2D eigenvalue weighted by Gasteiger charge is -2.28. The van der Waals surface area contributed by atoms with Gasteiger partial charge in [-0.05, 0) is 23.8 Å². The zero-order chi connectivity index (χ0) is 16.9. The summed E-state index contributed by atoms with van der Waals surface area (Å²) in [5, 5.41) is 4.95. The first-order valence-electron chi connectivity index (χ1n) is 7.37. The maximum atomic E-state index is 6.03. The van der Waals surface area contributed by atoms with Crippen LogP contribution in [0.4, 0.5) is 11.5 Å². The van der Waals surface area contributed by atoms with Crippen molar-refractivity contribution in [2.45, 2.75) is 0 Å². The number of nitrogens with zero attached hydrogens (tertiary/aromatic N) is 3. The van der Waals surface area contributed by atoms with Crippen LogP contribution in [0.1, 0.15) is 5.56 Å². The SMILES string of the molecule is Clc1cc(Cl)c(NN=Cc2ccc(N3CCOCC3)cc2)nc1Cl. The molecule has 126 valence electrons. The lowest BCUT2D eigenvalue weighted by atomic mass is 10.2. The number of hydrogen-bond acceptors (Lipinski definition) is 5. The Hall–Kier alpha value is -1.53. The second-order valence-corrected chi connectivity index (χ2v) is 6.32. The lowest BCUT2D eigenvalue weighted by molar-refractivity contribution is 0.122. The molecule has 0 spiro atoms. The quantitative estimate of drug-likeness (QED) is 0.484. The Morgan fingerprint density at radius 1 is 1.08 bits per heavy atom. The van der Waals surface area contributed by atoms with E-state index in [0.29, 0.717) is 15.9 Å². The minimum absolute atomic E-state index is 0.175. The molecule has 8 heteroatoms. The number of pyridine rings is 1. The molecule has 0 unspecified atom stereocenters. The summed E-state index contributed by atoms with van der Waals surface area (Å²) in [7, 11) is 0. The molecule has 0 bridgehead atoms. The summed E-state index contributed by atoms with van der Waals surface area (Å²) in [5.41, 5.74) is 4.90. The first kappa shape index (κ1) is 17.3. The average molecular weight is 386 g/mol. The first-order valence-corrected chi connectivity index (χ1v) is 8.50. The molecule has 1 aromatic heterocycles. The zero-order valence-corrected chi connectivity index (χ0v) is 14.9. The highest BCUT2D eigenvalue weighted by Crippen LogP contribution is 2.28. The predicted molar refractivity (Wildman–Crippen MR) is 100.0 cm³/mol. The standard InChI is InChI=1S/C16H15Cl3N4O/c17-13-9-14(18)16(21-15(13)19)22-20-10-11-1-3-12(4-2-11)23-5-7-24-8-6-23/h1-4,9-10H,5-8H2,(H,21,22). The van der Waals surface area contributed by atoms with E-state index in [1.54, 1.807) is 6.21 Å². The van der Waals surface area contributed by atoms with Crippen molar-refractivity contribution in [1.29, 1.82) is 0 Å². The molecule has 1 aliphatic heterocycles. The molecule has 2 aromatic rings. The Balaban J connectivity index is 1.63. The summed E-state index contributed by atoms with van der Waals surface area (Å²) in [6, 6.07) is 9.65. The fourth-order valence-corrected chi connectivity index (χ4v) is 2.82. The van der Waals surface area contributed by atoms with Crippen LogP contribution in [0.5, 0.6) is 0 Å². The van der Waals surface area contributed by atoms with Crippen LogP contribution >= 0.6 is 34.8 Å². The van der Waals surface area contributed by atoms with Gasteiger partial charge in [-0.15, -0.1) is 0 Å². The number of hydrazone groups is 1. The van der Waals surface area contributed by atoms with Gasteiger partial charge in [-0.25, -0.2) is 4.98 Å². The normalized spacial score (nSPS) is 15.0. The Labute approximate surface area is 155 Å². The molecule has 1 N–H and O–H groups in total. The minimum Gasteiger partial charge on any atom is -0.378 e. The lowest BCUT2D eigenvalue weighted by Crippen LogP contribution is -2.36. The second kappa shape index (κ2) is 8.03. The third-order valence-electron chi connectivity index (χ3n) is 3.54. The molecule has 0 amide bonds. The maximum absolute atomic E-state index is 6.03. The molecule has 3 rings (SSSR count). The molecule has 1 aliphatic rings. The van der Waals surface area contributed by atoms with E-state index in [9.17, 15) is 0 Å². The number of benzene rings is 1. The highest BCUT2D eigenvalue weighted by atomic mass is 35.5. The van der Waals surface area contributed by atoms with Gasteiger partial charge in [-0.2, -0.15) is 5.10 Å². The van der Waals surface area contributed by atoms with Crippen molar-refractivity contribution < 1.29 is 4.74 Å². The Morgan fingerprint density at radius 3 is 2.50 bits per heavy atom. The number of aromatic nitrogens is 1. The smallest absolute Gasteiger partial charge is 0.166 e. The van der Waals surface area contributed by atoms with Gasteiger partial charge in [0.05, 0.1) is 29.5 Å². The van der Waals surface area contributed by atoms with E-state index in [4.69, 9.17) is 39.5 Å². The topological polar surface area (TPSA) is 49.8 Å². The molecule has 0 saturated carbocycles. The molecule has 0 atom stereocenters. The highest BCUT2D eigenvalue weighted by Gasteiger charge is 2.10. The van der Waals surface area contributed by atoms with E-state index in [1.807, 2.05) is 12.1 Å². The number of anilines is 2. The summed E-state index contributed by atoms with van der Waals surface area (Å²) in [6.45, 7) is 3.36. The third-order valence-corrected chi connectivity index (χ3v) is 4.50. The fraction of sp³-hybridized carbons (Fsp3) is 0.250. The Bertz CT molecular complexity index is 731. The minimum atomic E-state index is 0.175. The van der Waals surface area contributed by atoms with E-state index in [0.717, 1.165) is 31.9 Å². The van der Waals surface area contributed by atoms with Crippen LogP contribution in [-0.4, -0.2) is 37.5 Å². The van der Waals surface area contributed by atoms with Crippen LogP contribution in [-0.2, 0) is 4.74 Å². The highest BCUT2D eigenvalue weighted by molar-refractivity contribution is 6.42. The molecular weight excluding hydrogens is 371 g/mol. The second-order valence-electron chi connectivity index (χ2n) is 5.15. The number of nitrogens with one attached hydrogen (secondary N) is 1. The van der Waals surface area contributed by atoms with E-state index in [-0.39, 0.29) is 5.15 Å². The van der Waals surface area contributed by atoms with Gasteiger partial charge < -0.3 is 9.64 Å². The van der Waals surface area contributed by atoms with Crippen molar-refractivity contribution >= 4 is 52.5 Å². The number of ether oxygens (including phenoxy) is 1. The average Bonchev–Trinajstić information content (AvgIpc) is 2.61. The number of morpholine rings is 1. The summed E-state index contributed by atoms with van der Waals surface area (Å²) in [6.07, 6.45) is 1.68.